The summed E-state index contributed by atoms with van der Waals surface area (Å²) < 4.78 is 8.81. The van der Waals surface area contributed by atoms with Gasteiger partial charge in [0.2, 0.25) is 0 Å². The van der Waals surface area contributed by atoms with Gasteiger partial charge in [-0.15, -0.1) is 0 Å². The van der Waals surface area contributed by atoms with Crippen LogP contribution >= 0.6 is 0 Å². The average Bonchev–Trinajstić information content (AvgIpc) is 2.45. The van der Waals surface area contributed by atoms with Gasteiger partial charge in [-0.1, -0.05) is 12.1 Å². The molecule has 2 atom stereocenters. The van der Waals surface area contributed by atoms with Crippen molar-refractivity contribution in [2.24, 2.45) is 0 Å². The molecule has 112 valence electrons. The average molecular weight is 295 g/mol. The van der Waals surface area contributed by atoms with Gasteiger partial charge in [0.25, 0.3) is 0 Å². The van der Waals surface area contributed by atoms with Gasteiger partial charge in [0.15, 0.2) is 0 Å². The quantitative estimate of drug-likeness (QED) is 0.644. The third kappa shape index (κ3) is 3.01. The first-order valence-corrected chi connectivity index (χ1v) is 6.03. The molecule has 0 aliphatic heterocycles. The molecule has 0 aliphatic carbocycles. The number of esters is 1. The number of H-pyrrole nitrogens is 1. The van der Waals surface area contributed by atoms with Crippen LogP contribution in [0.5, 0.6) is 0 Å². The van der Waals surface area contributed by atoms with Gasteiger partial charge in [0.1, 0.15) is 6.10 Å². The molecule has 0 amide bonds. The zero-order valence-electron chi connectivity index (χ0n) is 11.0. The summed E-state index contributed by atoms with van der Waals surface area (Å²) in [6.07, 6.45) is -3.42. The fraction of sp³-hybridized carbons (Fsp3) is 0.308. The molecule has 0 bridgehead atoms. The van der Waals surface area contributed by atoms with Crippen LogP contribution < -0.4 is 11.4 Å². The highest BCUT2D eigenvalue weighted by Crippen LogP contribution is 2.24. The molecular formula is C13H13NO7. The number of aliphatic hydroxyl groups is 2. The van der Waals surface area contributed by atoms with Crippen molar-refractivity contribution < 1.29 is 24.2 Å². The van der Waals surface area contributed by atoms with Crippen LogP contribution in [-0.4, -0.2) is 34.4 Å². The number of fused-ring (bicyclic) bond motifs is 1. The van der Waals surface area contributed by atoms with E-state index >= 15 is 0 Å². The molecule has 2 unspecified atom stereocenters. The number of hydrogen-bond acceptors (Lipinski definition) is 7. The Kier molecular flexibility index (Phi) is 4.20. The molecular weight excluding hydrogens is 282 g/mol. The zero-order chi connectivity index (χ0) is 15.6. The smallest absolute Gasteiger partial charge is 0.419 e. The largest absolute Gasteiger partial charge is 0.469 e. The highest BCUT2D eigenvalue weighted by molar-refractivity contribution is 5.81. The number of benzene rings is 1. The van der Waals surface area contributed by atoms with Crippen LogP contribution in [0.3, 0.4) is 0 Å². The van der Waals surface area contributed by atoms with Gasteiger partial charge in [0.05, 0.1) is 30.5 Å². The number of methoxy groups -OCH3 is 1. The van der Waals surface area contributed by atoms with Crippen LogP contribution in [0.1, 0.15) is 18.1 Å². The van der Waals surface area contributed by atoms with Gasteiger partial charge >= 0.3 is 17.4 Å². The lowest BCUT2D eigenvalue weighted by Crippen LogP contribution is -2.24. The van der Waals surface area contributed by atoms with Crippen LogP contribution in [0.15, 0.2) is 32.2 Å². The van der Waals surface area contributed by atoms with E-state index in [1.165, 1.54) is 18.2 Å². The number of aromatic nitrogens is 1. The minimum absolute atomic E-state index is 0.0499. The van der Waals surface area contributed by atoms with E-state index < -0.39 is 36.0 Å². The summed E-state index contributed by atoms with van der Waals surface area (Å²) in [5.74, 6) is -1.63. The maximum Gasteiger partial charge on any atom is 0.419 e. The number of carbonyl (C=O) groups excluding carboxylic acids is 1. The number of aliphatic hydroxyl groups excluding tert-OH is 2. The Balaban J connectivity index is 2.49. The molecule has 0 saturated carbocycles. The number of ether oxygens (including phenoxy) is 1. The number of rotatable bonds is 4. The summed E-state index contributed by atoms with van der Waals surface area (Å²) in [6, 6.07) is 4.33. The summed E-state index contributed by atoms with van der Waals surface area (Å²) in [4.78, 5) is 36.3. The van der Waals surface area contributed by atoms with E-state index in [9.17, 15) is 24.6 Å². The lowest BCUT2D eigenvalue weighted by molar-refractivity contribution is -0.144. The van der Waals surface area contributed by atoms with Crippen molar-refractivity contribution in [2.45, 2.75) is 18.6 Å². The summed E-state index contributed by atoms with van der Waals surface area (Å²) in [6.45, 7) is 0. The minimum Gasteiger partial charge on any atom is -0.469 e. The van der Waals surface area contributed by atoms with E-state index in [2.05, 4.69) is 14.1 Å². The standard InChI is InChI=1S/C13H13NO7/c1-20-9(16)5-8(15)11(17)6-3-2-4-7-10(6)12(18)21-13(19)14-7/h2-4,8,11,15,17H,5H2,1H3,(H,14,19). The summed E-state index contributed by atoms with van der Waals surface area (Å²) in [7, 11) is 1.15. The second-order valence-electron chi connectivity index (χ2n) is 4.36. The molecule has 1 aromatic heterocycles. The lowest BCUT2D eigenvalue weighted by atomic mass is 9.99. The maximum atomic E-state index is 11.8. The first-order valence-electron chi connectivity index (χ1n) is 6.03. The third-order valence-corrected chi connectivity index (χ3v) is 3.01. The summed E-state index contributed by atoms with van der Waals surface area (Å²) >= 11 is 0. The highest BCUT2D eigenvalue weighted by atomic mass is 16.5. The second-order valence-corrected chi connectivity index (χ2v) is 4.36. The topological polar surface area (TPSA) is 130 Å². The molecule has 0 saturated heterocycles. The van der Waals surface area contributed by atoms with Crippen molar-refractivity contribution in [2.75, 3.05) is 7.11 Å². The van der Waals surface area contributed by atoms with Crippen LogP contribution in [0.2, 0.25) is 0 Å². The molecule has 8 nitrogen and oxygen atoms in total. The molecule has 8 heteroatoms. The molecule has 0 fully saturated rings. The van der Waals surface area contributed by atoms with Gasteiger partial charge in [0, 0.05) is 0 Å². The monoisotopic (exact) mass is 295 g/mol. The lowest BCUT2D eigenvalue weighted by Gasteiger charge is -2.18. The van der Waals surface area contributed by atoms with Crippen molar-refractivity contribution in [1.82, 2.24) is 4.98 Å². The van der Waals surface area contributed by atoms with Crippen LogP contribution in [0, 0.1) is 0 Å². The molecule has 3 N–H and O–H groups in total. The predicted molar refractivity (Wildman–Crippen MR) is 70.7 cm³/mol. The number of hydrogen-bond donors (Lipinski definition) is 3. The molecule has 1 aromatic carbocycles. The predicted octanol–water partition coefficient (Wildman–Crippen LogP) is -0.561. The van der Waals surface area contributed by atoms with Crippen LogP contribution in [-0.2, 0) is 9.53 Å². The first kappa shape index (κ1) is 14.9. The summed E-state index contributed by atoms with van der Waals surface area (Å²) in [5.41, 5.74) is -0.722. The van der Waals surface area contributed by atoms with E-state index in [0.29, 0.717) is 0 Å². The fourth-order valence-corrected chi connectivity index (χ4v) is 1.99. The van der Waals surface area contributed by atoms with Gasteiger partial charge in [-0.25, -0.2) is 9.59 Å². The number of nitrogens with one attached hydrogen (secondary N) is 1. The second kappa shape index (κ2) is 5.90. The van der Waals surface area contributed by atoms with E-state index in [4.69, 9.17) is 0 Å². The van der Waals surface area contributed by atoms with Crippen molar-refractivity contribution in [3.63, 3.8) is 0 Å². The van der Waals surface area contributed by atoms with Gasteiger partial charge < -0.3 is 19.4 Å². The molecule has 2 aromatic rings. The fourth-order valence-electron chi connectivity index (χ4n) is 1.99. The molecule has 1 heterocycles. The Morgan fingerprint density at radius 2 is 2.10 bits per heavy atom. The Labute approximate surface area is 117 Å². The zero-order valence-corrected chi connectivity index (χ0v) is 11.0. The molecule has 21 heavy (non-hydrogen) atoms. The maximum absolute atomic E-state index is 11.8. The summed E-state index contributed by atoms with van der Waals surface area (Å²) in [5, 5.41) is 19.9. The van der Waals surface area contributed by atoms with E-state index in [1.807, 2.05) is 0 Å². The normalized spacial score (nSPS) is 13.9. The Morgan fingerprint density at radius 3 is 2.76 bits per heavy atom. The molecule has 2 rings (SSSR count). The Hall–Kier alpha value is -2.45. The van der Waals surface area contributed by atoms with Crippen molar-refractivity contribution >= 4 is 16.9 Å². The van der Waals surface area contributed by atoms with Gasteiger partial charge in [-0.05, 0) is 11.6 Å². The molecule has 0 spiro atoms. The first-order chi connectivity index (χ1) is 9.93. The molecule has 0 aliphatic rings. The minimum atomic E-state index is -1.51. The van der Waals surface area contributed by atoms with E-state index in [0.717, 1.165) is 7.11 Å². The van der Waals surface area contributed by atoms with Crippen molar-refractivity contribution in [1.29, 1.82) is 0 Å². The Bertz CT molecular complexity index is 776. The van der Waals surface area contributed by atoms with Gasteiger partial charge in [-0.2, -0.15) is 0 Å². The van der Waals surface area contributed by atoms with Crippen molar-refractivity contribution in [3.05, 3.63) is 44.7 Å². The highest BCUT2D eigenvalue weighted by Gasteiger charge is 2.25. The number of carbonyl (C=O) groups is 1. The Morgan fingerprint density at radius 1 is 1.38 bits per heavy atom. The van der Waals surface area contributed by atoms with Crippen LogP contribution in [0.4, 0.5) is 0 Å². The number of aromatic amines is 1. The molecule has 0 radical (unpaired) electrons. The van der Waals surface area contributed by atoms with E-state index in [-0.39, 0.29) is 16.5 Å². The van der Waals surface area contributed by atoms with E-state index in [1.54, 1.807) is 0 Å². The third-order valence-electron chi connectivity index (χ3n) is 3.01. The van der Waals surface area contributed by atoms with Gasteiger partial charge in [-0.3, -0.25) is 9.78 Å². The van der Waals surface area contributed by atoms with Crippen LogP contribution in [0.25, 0.3) is 10.9 Å². The van der Waals surface area contributed by atoms with Crippen molar-refractivity contribution in [3.8, 4) is 0 Å². The SMILES string of the molecule is COC(=O)CC(O)C(O)c1cccc2[nH]c(=O)oc(=O)c12.